The van der Waals surface area contributed by atoms with Gasteiger partial charge >= 0.3 is 0 Å². The maximum absolute atomic E-state index is 10.6. The highest BCUT2D eigenvalue weighted by molar-refractivity contribution is 6.63. The van der Waals surface area contributed by atoms with Gasteiger partial charge < -0.3 is 0 Å². The van der Waals surface area contributed by atoms with Gasteiger partial charge in [-0.2, -0.15) is 0 Å². The minimum Gasteiger partial charge on any atom is -0.281 e. The van der Waals surface area contributed by atoms with E-state index in [-0.39, 0.29) is 10.5 Å². The predicted octanol–water partition coefficient (Wildman–Crippen LogP) is 5.33. The third kappa shape index (κ3) is 9.49. The highest BCUT2D eigenvalue weighted by Crippen LogP contribution is 2.09. The molecule has 0 aromatic heterocycles. The molecular weight excluding hydrogens is 343 g/mol. The van der Waals surface area contributed by atoms with Gasteiger partial charge in [0.2, 0.25) is 10.5 Å². The number of aryl methyl sites for hydroxylation is 2. The Bertz CT molecular complexity index is 639. The van der Waals surface area contributed by atoms with Crippen LogP contribution in [0, 0.1) is 0 Å². The van der Waals surface area contributed by atoms with Gasteiger partial charge in [-0.25, -0.2) is 0 Å². The van der Waals surface area contributed by atoms with Crippen molar-refractivity contribution >= 4 is 33.7 Å². The second kappa shape index (κ2) is 11.8. The van der Waals surface area contributed by atoms with E-state index in [0.29, 0.717) is 12.8 Å². The SMILES string of the molecule is CCCc1cccc(CC(=O)Cl)c1.O=C(Cl)CCc1ccccc1. The van der Waals surface area contributed by atoms with Crippen molar-refractivity contribution < 1.29 is 9.59 Å². The number of carbonyl (C=O) groups excluding carboxylic acids is 2. The monoisotopic (exact) mass is 364 g/mol. The second-order valence-corrected chi connectivity index (χ2v) is 6.29. The van der Waals surface area contributed by atoms with Crippen LogP contribution in [0.2, 0.25) is 0 Å². The lowest BCUT2D eigenvalue weighted by molar-refractivity contribution is -0.112. The number of halogens is 2. The van der Waals surface area contributed by atoms with E-state index in [1.54, 1.807) is 0 Å². The molecule has 0 radical (unpaired) electrons. The molecule has 0 N–H and O–H groups in total. The van der Waals surface area contributed by atoms with E-state index >= 15 is 0 Å². The molecule has 2 aromatic carbocycles. The van der Waals surface area contributed by atoms with Crippen LogP contribution < -0.4 is 0 Å². The molecule has 0 aliphatic rings. The molecule has 4 heteroatoms. The summed E-state index contributed by atoms with van der Waals surface area (Å²) < 4.78 is 0. The Balaban J connectivity index is 0.000000243. The topological polar surface area (TPSA) is 34.1 Å². The highest BCUT2D eigenvalue weighted by atomic mass is 35.5. The zero-order valence-electron chi connectivity index (χ0n) is 13.8. The first-order valence-electron chi connectivity index (χ1n) is 7.99. The van der Waals surface area contributed by atoms with E-state index in [0.717, 1.165) is 30.4 Å². The molecule has 0 spiro atoms. The predicted molar refractivity (Wildman–Crippen MR) is 101 cm³/mol. The van der Waals surface area contributed by atoms with Crippen LogP contribution in [0.5, 0.6) is 0 Å². The molecule has 0 unspecified atom stereocenters. The Morgan fingerprint density at radius 3 is 2.00 bits per heavy atom. The van der Waals surface area contributed by atoms with Crippen LogP contribution in [0.15, 0.2) is 54.6 Å². The molecule has 0 bridgehead atoms. The van der Waals surface area contributed by atoms with Gasteiger partial charge in [-0.3, -0.25) is 9.59 Å². The summed E-state index contributed by atoms with van der Waals surface area (Å²) in [6.07, 6.45) is 3.68. The lowest BCUT2D eigenvalue weighted by Gasteiger charge is -2.01. The number of rotatable bonds is 7. The minimum atomic E-state index is -0.298. The lowest BCUT2D eigenvalue weighted by Crippen LogP contribution is -1.94. The maximum Gasteiger partial charge on any atom is 0.226 e. The van der Waals surface area contributed by atoms with Crippen molar-refractivity contribution in [1.82, 2.24) is 0 Å². The summed E-state index contributed by atoms with van der Waals surface area (Å²) in [4.78, 5) is 21.0. The molecule has 128 valence electrons. The van der Waals surface area contributed by atoms with Gasteiger partial charge in [-0.1, -0.05) is 67.9 Å². The van der Waals surface area contributed by atoms with Crippen molar-refractivity contribution in [2.75, 3.05) is 0 Å². The lowest BCUT2D eigenvalue weighted by atomic mass is 10.1. The molecule has 2 aromatic rings. The van der Waals surface area contributed by atoms with Gasteiger partial charge in [0.1, 0.15) is 0 Å². The average Bonchev–Trinajstić information content (AvgIpc) is 2.55. The minimum absolute atomic E-state index is 0.270. The van der Waals surface area contributed by atoms with E-state index < -0.39 is 0 Å². The first kappa shape index (κ1) is 20.4. The number of hydrogen-bond donors (Lipinski definition) is 0. The van der Waals surface area contributed by atoms with Crippen LogP contribution in [0.25, 0.3) is 0 Å². The average molecular weight is 365 g/mol. The van der Waals surface area contributed by atoms with Crippen molar-refractivity contribution in [1.29, 1.82) is 0 Å². The second-order valence-electron chi connectivity index (χ2n) is 5.44. The van der Waals surface area contributed by atoms with E-state index in [1.807, 2.05) is 48.5 Å². The van der Waals surface area contributed by atoms with E-state index in [4.69, 9.17) is 23.2 Å². The maximum atomic E-state index is 10.6. The van der Waals surface area contributed by atoms with Crippen LogP contribution in [-0.4, -0.2) is 10.5 Å². The van der Waals surface area contributed by atoms with Crippen molar-refractivity contribution in [2.45, 2.75) is 39.0 Å². The van der Waals surface area contributed by atoms with Gasteiger partial charge in [0.25, 0.3) is 0 Å². The first-order chi connectivity index (χ1) is 11.5. The van der Waals surface area contributed by atoms with Gasteiger partial charge in [-0.15, -0.1) is 0 Å². The van der Waals surface area contributed by atoms with Crippen molar-refractivity contribution in [3.8, 4) is 0 Å². The first-order valence-corrected chi connectivity index (χ1v) is 8.75. The van der Waals surface area contributed by atoms with E-state index in [1.165, 1.54) is 5.56 Å². The standard InChI is InChI=1S/C11H13ClO.C9H9ClO/c1-2-4-9-5-3-6-10(7-9)8-11(12)13;10-9(11)7-6-8-4-2-1-3-5-8/h3,5-7H,2,4,8H2,1H3;1-5H,6-7H2. The summed E-state index contributed by atoms with van der Waals surface area (Å²) in [7, 11) is 0. The normalized spacial score (nSPS) is 9.79. The molecule has 2 rings (SSSR count). The van der Waals surface area contributed by atoms with Crippen molar-refractivity contribution in [3.05, 3.63) is 71.3 Å². The van der Waals surface area contributed by atoms with Crippen LogP contribution in [0.1, 0.15) is 36.5 Å². The summed E-state index contributed by atoms with van der Waals surface area (Å²) in [5.74, 6) is 0. The zero-order valence-corrected chi connectivity index (χ0v) is 15.3. The largest absolute Gasteiger partial charge is 0.281 e. The summed E-state index contributed by atoms with van der Waals surface area (Å²) in [6.45, 7) is 2.14. The van der Waals surface area contributed by atoms with E-state index in [9.17, 15) is 9.59 Å². The fourth-order valence-corrected chi connectivity index (χ4v) is 2.48. The highest BCUT2D eigenvalue weighted by Gasteiger charge is 2.00. The Morgan fingerprint density at radius 2 is 1.42 bits per heavy atom. The van der Waals surface area contributed by atoms with Crippen molar-refractivity contribution in [2.24, 2.45) is 0 Å². The Morgan fingerprint density at radius 1 is 0.792 bits per heavy atom. The van der Waals surface area contributed by atoms with Crippen molar-refractivity contribution in [3.63, 3.8) is 0 Å². The van der Waals surface area contributed by atoms with Gasteiger partial charge in [0.05, 0.1) is 0 Å². The number of hydrogen-bond acceptors (Lipinski definition) is 2. The fourth-order valence-electron chi connectivity index (χ4n) is 2.23. The Hall–Kier alpha value is -1.64. The summed E-state index contributed by atoms with van der Waals surface area (Å²) >= 11 is 10.5. The number of benzene rings is 2. The molecule has 2 nitrogen and oxygen atoms in total. The molecule has 24 heavy (non-hydrogen) atoms. The van der Waals surface area contributed by atoms with Crippen LogP contribution in [0.3, 0.4) is 0 Å². The quantitative estimate of drug-likeness (QED) is 0.622. The molecule has 0 amide bonds. The number of carbonyl (C=O) groups is 2. The van der Waals surface area contributed by atoms with E-state index in [2.05, 4.69) is 13.0 Å². The molecule has 0 saturated heterocycles. The molecule has 0 aliphatic carbocycles. The summed E-state index contributed by atoms with van der Waals surface area (Å²) in [6, 6.07) is 17.9. The molecule has 0 aliphatic heterocycles. The molecule has 0 atom stereocenters. The van der Waals surface area contributed by atoms with Crippen LogP contribution in [0.4, 0.5) is 0 Å². The smallest absolute Gasteiger partial charge is 0.226 e. The third-order valence-electron chi connectivity index (χ3n) is 3.33. The zero-order chi connectivity index (χ0) is 17.8. The Labute approximate surface area is 153 Å². The molecular formula is C20H22Cl2O2. The Kier molecular flexibility index (Phi) is 10.1. The van der Waals surface area contributed by atoms with Gasteiger partial charge in [0, 0.05) is 12.8 Å². The van der Waals surface area contributed by atoms with Gasteiger partial charge in [0.15, 0.2) is 0 Å². The summed E-state index contributed by atoms with van der Waals surface area (Å²) in [5.41, 5.74) is 3.44. The summed E-state index contributed by atoms with van der Waals surface area (Å²) in [5, 5.41) is -0.567. The van der Waals surface area contributed by atoms with Crippen LogP contribution in [-0.2, 0) is 28.9 Å². The fraction of sp³-hybridized carbons (Fsp3) is 0.300. The molecule has 0 saturated carbocycles. The third-order valence-corrected chi connectivity index (χ3v) is 3.65. The molecule has 0 heterocycles. The molecule has 0 fully saturated rings. The van der Waals surface area contributed by atoms with Gasteiger partial charge in [-0.05, 0) is 52.7 Å². The van der Waals surface area contributed by atoms with Crippen LogP contribution >= 0.6 is 23.2 Å².